The molecule has 0 radical (unpaired) electrons. The van der Waals surface area contributed by atoms with E-state index in [1.165, 1.54) is 0 Å². The van der Waals surface area contributed by atoms with Crippen LogP contribution in [-0.2, 0) is 14.4 Å². The van der Waals surface area contributed by atoms with Crippen molar-refractivity contribution in [2.24, 2.45) is 5.10 Å². The molecular weight excluding hydrogens is 472 g/mol. The molecule has 0 saturated carbocycles. The number of hydrogen-bond donors (Lipinski definition) is 0. The van der Waals surface area contributed by atoms with E-state index in [-0.39, 0.29) is 26.0 Å². The van der Waals surface area contributed by atoms with Gasteiger partial charge in [0.2, 0.25) is 0 Å². The normalized spacial score (nSPS) is 17.9. The Morgan fingerprint density at radius 1 is 1.18 bits per heavy atom. The fraction of sp³-hybridized carbons (Fsp3) is 0.0500. The molecule has 0 unspecified atom stereocenters. The molecule has 13 heteroatoms. The van der Waals surface area contributed by atoms with Gasteiger partial charge in [0, 0.05) is 17.7 Å². The summed E-state index contributed by atoms with van der Waals surface area (Å²) in [7, 11) is 0. The van der Waals surface area contributed by atoms with Crippen molar-refractivity contribution < 1.29 is 29.5 Å². The molecule has 1 fully saturated rings. The fourth-order valence-electron chi connectivity index (χ4n) is 3.27. The topological polar surface area (TPSA) is 159 Å². The number of nitro groups is 1. The summed E-state index contributed by atoms with van der Waals surface area (Å²) < 4.78 is -0.0414. The van der Waals surface area contributed by atoms with E-state index in [0.29, 0.717) is 11.3 Å². The monoisotopic (exact) mass is 482 g/mol. The second-order valence-corrected chi connectivity index (χ2v) is 8.34. The Hall–Kier alpha value is -4.10. The van der Waals surface area contributed by atoms with Gasteiger partial charge in [0.15, 0.2) is 4.32 Å². The first-order chi connectivity index (χ1) is 15.7. The Bertz CT molecular complexity index is 1320. The quantitative estimate of drug-likeness (QED) is 0.193. The van der Waals surface area contributed by atoms with Crippen LogP contribution in [0.1, 0.15) is 11.1 Å². The minimum atomic E-state index is -1.47. The lowest BCUT2D eigenvalue weighted by Crippen LogP contribution is -2.39. The summed E-state index contributed by atoms with van der Waals surface area (Å²) >= 11 is 5.98. The molecule has 0 spiro atoms. The van der Waals surface area contributed by atoms with Crippen molar-refractivity contribution in [2.45, 2.75) is 0 Å². The van der Waals surface area contributed by atoms with E-state index in [2.05, 4.69) is 5.10 Å². The molecule has 2 aliphatic rings. The van der Waals surface area contributed by atoms with Crippen LogP contribution in [0.25, 0.3) is 5.57 Å². The number of non-ortho nitro benzene ring substituents is 1. The van der Waals surface area contributed by atoms with E-state index in [1.807, 2.05) is 0 Å². The van der Waals surface area contributed by atoms with E-state index in [9.17, 15) is 34.7 Å². The number of thiocarbonyl (C=S) groups is 1. The first kappa shape index (κ1) is 22.1. The summed E-state index contributed by atoms with van der Waals surface area (Å²) in [4.78, 5) is 48.3. The molecule has 11 nitrogen and oxygen atoms in total. The molecule has 33 heavy (non-hydrogen) atoms. The molecule has 0 aromatic heterocycles. The minimum Gasteiger partial charge on any atom is -0.872 e. The van der Waals surface area contributed by atoms with Crippen molar-refractivity contribution in [3.63, 3.8) is 0 Å². The summed E-state index contributed by atoms with van der Waals surface area (Å²) in [6, 6.07) is 9.42. The molecule has 1 saturated heterocycles. The third-order valence-corrected chi connectivity index (χ3v) is 6.06. The smallest absolute Gasteiger partial charge is 0.287 e. The molecular formula is C20H10N4O7S2-2. The summed E-state index contributed by atoms with van der Waals surface area (Å²) in [5.41, 5.74) is 0.177. The highest BCUT2D eigenvalue weighted by Gasteiger charge is 2.42. The number of fused-ring (bicyclic) bond motifs is 1. The van der Waals surface area contributed by atoms with Gasteiger partial charge in [-0.3, -0.25) is 19.7 Å². The average molecular weight is 482 g/mol. The first-order valence-corrected chi connectivity index (χ1v) is 10.3. The molecule has 2 aromatic rings. The number of carbonyl (C=O) groups is 3. The van der Waals surface area contributed by atoms with E-state index < -0.39 is 35.0 Å². The number of benzene rings is 2. The van der Waals surface area contributed by atoms with Gasteiger partial charge in [-0.25, -0.2) is 0 Å². The number of hydrogen-bond acceptors (Lipinski definition) is 10. The minimum absolute atomic E-state index is 0.0261. The molecule has 0 N–H and O–H groups in total. The predicted molar refractivity (Wildman–Crippen MR) is 118 cm³/mol. The number of carbonyl (C=O) groups excluding carboxylic acids is 3. The highest BCUT2D eigenvalue weighted by Crippen LogP contribution is 2.44. The van der Waals surface area contributed by atoms with Crippen LogP contribution in [0.4, 0.5) is 11.4 Å². The Morgan fingerprint density at radius 2 is 1.91 bits per heavy atom. The van der Waals surface area contributed by atoms with Gasteiger partial charge in [-0.05, 0) is 23.8 Å². The number of thioether (sulfide) groups is 1. The Kier molecular flexibility index (Phi) is 5.66. The lowest BCUT2D eigenvalue weighted by Gasteiger charge is -2.17. The number of rotatable bonds is 5. The van der Waals surface area contributed by atoms with Gasteiger partial charge in [-0.1, -0.05) is 41.8 Å². The first-order valence-electron chi connectivity index (χ1n) is 9.10. The molecule has 0 aliphatic carbocycles. The molecule has 0 bridgehead atoms. The van der Waals surface area contributed by atoms with Crippen molar-refractivity contribution in [3.8, 4) is 5.75 Å². The van der Waals surface area contributed by atoms with Crippen molar-refractivity contribution in [1.29, 1.82) is 0 Å². The number of amides is 2. The highest BCUT2D eigenvalue weighted by molar-refractivity contribution is 8.26. The lowest BCUT2D eigenvalue weighted by atomic mass is 10.1. The van der Waals surface area contributed by atoms with Gasteiger partial charge < -0.3 is 19.9 Å². The second kappa shape index (κ2) is 8.44. The Labute approximate surface area is 194 Å². The zero-order valence-electron chi connectivity index (χ0n) is 16.3. The van der Waals surface area contributed by atoms with Gasteiger partial charge in [0.1, 0.15) is 0 Å². The number of para-hydroxylation sites is 1. The van der Waals surface area contributed by atoms with Crippen molar-refractivity contribution >= 4 is 69.2 Å². The number of nitro benzene ring substituents is 1. The third-order valence-electron chi connectivity index (χ3n) is 4.70. The molecule has 2 aromatic carbocycles. The third kappa shape index (κ3) is 3.94. The molecule has 2 amide bonds. The summed E-state index contributed by atoms with van der Waals surface area (Å²) in [5, 5.41) is 38.7. The zero-order chi connectivity index (χ0) is 23.9. The van der Waals surface area contributed by atoms with Crippen LogP contribution >= 0.6 is 24.0 Å². The van der Waals surface area contributed by atoms with Gasteiger partial charge >= 0.3 is 0 Å². The Morgan fingerprint density at radius 3 is 2.61 bits per heavy atom. The average Bonchev–Trinajstić information content (AvgIpc) is 3.19. The largest absolute Gasteiger partial charge is 0.872 e. The van der Waals surface area contributed by atoms with E-state index in [0.717, 1.165) is 46.1 Å². The Balaban J connectivity index is 1.71. The van der Waals surface area contributed by atoms with Crippen LogP contribution in [-0.4, -0.2) is 44.8 Å². The van der Waals surface area contributed by atoms with Crippen LogP contribution < -0.4 is 15.1 Å². The number of anilines is 1. The number of aliphatic carboxylic acids is 1. The highest BCUT2D eigenvalue weighted by atomic mass is 32.2. The van der Waals surface area contributed by atoms with Crippen LogP contribution in [0.15, 0.2) is 52.5 Å². The van der Waals surface area contributed by atoms with E-state index in [4.69, 9.17) is 12.2 Å². The molecule has 2 heterocycles. The maximum absolute atomic E-state index is 13.0. The summed E-state index contributed by atoms with van der Waals surface area (Å²) in [6.07, 6.45) is 0.973. The van der Waals surface area contributed by atoms with Crippen molar-refractivity contribution in [2.75, 3.05) is 11.4 Å². The van der Waals surface area contributed by atoms with Crippen LogP contribution in [0, 0.1) is 10.1 Å². The number of carboxylic acid groups (broad SMARTS) is 1. The number of carboxylic acids is 1. The maximum Gasteiger partial charge on any atom is 0.287 e. The van der Waals surface area contributed by atoms with Crippen LogP contribution in [0.2, 0.25) is 0 Å². The predicted octanol–water partition coefficient (Wildman–Crippen LogP) is 0.370. The van der Waals surface area contributed by atoms with Gasteiger partial charge in [-0.2, -0.15) is 10.1 Å². The van der Waals surface area contributed by atoms with Gasteiger partial charge in [0.05, 0.1) is 39.8 Å². The number of hydrazone groups is 1. The van der Waals surface area contributed by atoms with Crippen molar-refractivity contribution in [1.82, 2.24) is 5.01 Å². The summed E-state index contributed by atoms with van der Waals surface area (Å²) in [6.45, 7) is -0.698. The lowest BCUT2D eigenvalue weighted by molar-refractivity contribution is -0.385. The molecule has 4 rings (SSSR count). The molecule has 166 valence electrons. The van der Waals surface area contributed by atoms with E-state index in [1.54, 1.807) is 24.3 Å². The molecule has 0 atom stereocenters. The molecule has 2 aliphatic heterocycles. The summed E-state index contributed by atoms with van der Waals surface area (Å²) in [5.74, 6) is -3.48. The zero-order valence-corrected chi connectivity index (χ0v) is 17.9. The van der Waals surface area contributed by atoms with Gasteiger partial charge in [-0.15, -0.1) is 0 Å². The SMILES string of the molecule is O=C([O-])CN1C(=O)/C(=C2\SC(=S)N(N=Cc3cc([N+](=O)[O-])ccc3[O-])C2=O)c2ccccc21. The van der Waals surface area contributed by atoms with Crippen molar-refractivity contribution in [3.05, 3.63) is 68.6 Å². The fourth-order valence-corrected chi connectivity index (χ4v) is 4.51. The van der Waals surface area contributed by atoms with Crippen LogP contribution in [0.3, 0.4) is 0 Å². The second-order valence-electron chi connectivity index (χ2n) is 6.69. The van der Waals surface area contributed by atoms with E-state index >= 15 is 0 Å². The van der Waals surface area contributed by atoms with Gasteiger partial charge in [0.25, 0.3) is 17.5 Å². The number of nitrogens with zero attached hydrogens (tertiary/aromatic N) is 4. The standard InChI is InChI=1S/C20H12N4O7S2/c25-14-6-5-11(24(30)31)7-10(14)8-21-23-19(29)17(33-20(23)32)16-12-3-1-2-4-13(12)22(18(16)28)9-15(26)27/h1-8,25H,9H2,(H,26,27)/p-2/b17-16-,21-8?. The van der Waals surface area contributed by atoms with Crippen LogP contribution in [0.5, 0.6) is 5.75 Å². The maximum atomic E-state index is 13.0.